The zero-order valence-corrected chi connectivity index (χ0v) is 13.7. The predicted octanol–water partition coefficient (Wildman–Crippen LogP) is 1.52. The van der Waals surface area contributed by atoms with E-state index in [2.05, 4.69) is 9.71 Å². The zero-order valence-electron chi connectivity index (χ0n) is 12.9. The Kier molecular flexibility index (Phi) is 5.52. The van der Waals surface area contributed by atoms with Gasteiger partial charge in [0.05, 0.1) is 0 Å². The summed E-state index contributed by atoms with van der Waals surface area (Å²) in [5.41, 5.74) is -1.50. The van der Waals surface area contributed by atoms with Gasteiger partial charge in [-0.3, -0.25) is 4.79 Å². The van der Waals surface area contributed by atoms with Gasteiger partial charge >= 0.3 is 5.97 Å². The minimum atomic E-state index is -3.97. The van der Waals surface area contributed by atoms with Crippen molar-refractivity contribution in [1.29, 1.82) is 0 Å². The van der Waals surface area contributed by atoms with Crippen LogP contribution in [0.25, 0.3) is 0 Å². The molecule has 0 aliphatic carbocycles. The number of aromatic nitrogens is 2. The molecule has 0 atom stereocenters. The number of aryl methyl sites for hydroxylation is 2. The van der Waals surface area contributed by atoms with Crippen LogP contribution >= 0.6 is 0 Å². The molecule has 2 N–H and O–H groups in total. The molecule has 7 nitrogen and oxygen atoms in total. The molecule has 1 heterocycles. The quantitative estimate of drug-likeness (QED) is 0.757. The first-order valence-corrected chi connectivity index (χ1v) is 8.51. The van der Waals surface area contributed by atoms with Gasteiger partial charge in [-0.05, 0) is 26.2 Å². The minimum absolute atomic E-state index is 0.138. The lowest BCUT2D eigenvalue weighted by Crippen LogP contribution is -2.53. The Morgan fingerprint density at radius 3 is 2.38 bits per heavy atom. The lowest BCUT2D eigenvalue weighted by Gasteiger charge is -2.27. The van der Waals surface area contributed by atoms with Crippen molar-refractivity contribution in [2.75, 3.05) is 0 Å². The van der Waals surface area contributed by atoms with Crippen molar-refractivity contribution >= 4 is 16.0 Å². The van der Waals surface area contributed by atoms with Crippen LogP contribution in [0.4, 0.5) is 0 Å². The third-order valence-corrected chi connectivity index (χ3v) is 5.05. The summed E-state index contributed by atoms with van der Waals surface area (Å²) in [4.78, 5) is 15.4. The third kappa shape index (κ3) is 3.62. The van der Waals surface area contributed by atoms with E-state index in [1.165, 1.54) is 6.20 Å². The summed E-state index contributed by atoms with van der Waals surface area (Å²) < 4.78 is 28.8. The Hall–Kier alpha value is -1.41. The molecular weight excluding hydrogens is 294 g/mol. The number of hydrogen-bond acceptors (Lipinski definition) is 4. The molecule has 0 aromatic carbocycles. The average Bonchev–Trinajstić information content (AvgIpc) is 2.79. The van der Waals surface area contributed by atoms with E-state index in [1.54, 1.807) is 25.3 Å². The normalized spacial score (nSPS) is 12.6. The number of carbonyl (C=O) groups is 1. The first kappa shape index (κ1) is 17.6. The highest BCUT2D eigenvalue weighted by atomic mass is 32.2. The maximum absolute atomic E-state index is 12.4. The molecule has 0 aliphatic heterocycles. The van der Waals surface area contributed by atoms with E-state index < -0.39 is 21.5 Å². The van der Waals surface area contributed by atoms with Crippen LogP contribution in [0.1, 0.15) is 45.9 Å². The van der Waals surface area contributed by atoms with E-state index >= 15 is 0 Å². The van der Waals surface area contributed by atoms with Crippen molar-refractivity contribution in [2.24, 2.45) is 0 Å². The first-order valence-electron chi connectivity index (χ1n) is 7.03. The van der Waals surface area contributed by atoms with Crippen LogP contribution in [-0.2, 0) is 21.4 Å². The van der Waals surface area contributed by atoms with Crippen LogP contribution < -0.4 is 4.72 Å². The fourth-order valence-corrected chi connectivity index (χ4v) is 3.64. The fourth-order valence-electron chi connectivity index (χ4n) is 2.13. The third-order valence-electron chi connectivity index (χ3n) is 3.64. The molecule has 1 aromatic heterocycles. The second-order valence-corrected chi connectivity index (χ2v) is 6.65. The molecular formula is C13H23N3O4S. The van der Waals surface area contributed by atoms with E-state index in [-0.39, 0.29) is 17.9 Å². The lowest BCUT2D eigenvalue weighted by atomic mass is 9.95. The Labute approximate surface area is 125 Å². The molecule has 8 heteroatoms. The summed E-state index contributed by atoms with van der Waals surface area (Å²) in [5.74, 6) is -0.591. The lowest BCUT2D eigenvalue weighted by molar-refractivity contribution is -0.144. The number of rotatable bonds is 8. The van der Waals surface area contributed by atoms with Crippen molar-refractivity contribution in [2.45, 2.75) is 64.1 Å². The van der Waals surface area contributed by atoms with Gasteiger partial charge < -0.3 is 9.67 Å². The van der Waals surface area contributed by atoms with E-state index in [0.717, 1.165) is 6.42 Å². The highest BCUT2D eigenvalue weighted by Gasteiger charge is 2.40. The second-order valence-electron chi connectivity index (χ2n) is 5.02. The van der Waals surface area contributed by atoms with Gasteiger partial charge in [-0.15, -0.1) is 0 Å². The monoisotopic (exact) mass is 317 g/mol. The van der Waals surface area contributed by atoms with Gasteiger partial charge in [0.1, 0.15) is 11.4 Å². The van der Waals surface area contributed by atoms with Crippen molar-refractivity contribution in [3.63, 3.8) is 0 Å². The van der Waals surface area contributed by atoms with Gasteiger partial charge in [0.15, 0.2) is 5.03 Å². The molecule has 0 fully saturated rings. The molecule has 0 saturated carbocycles. The molecule has 0 amide bonds. The second kappa shape index (κ2) is 6.57. The van der Waals surface area contributed by atoms with E-state index in [1.807, 2.05) is 6.92 Å². The number of nitrogens with one attached hydrogen (secondary N) is 1. The zero-order chi connectivity index (χ0) is 16.3. The number of carboxylic acids is 1. The van der Waals surface area contributed by atoms with Crippen LogP contribution in [0.5, 0.6) is 0 Å². The Morgan fingerprint density at radius 1 is 1.38 bits per heavy atom. The molecule has 1 aromatic rings. The Morgan fingerprint density at radius 2 is 1.95 bits per heavy atom. The maximum Gasteiger partial charge on any atom is 0.324 e. The van der Waals surface area contributed by atoms with Gasteiger partial charge in [-0.1, -0.05) is 20.8 Å². The molecule has 120 valence electrons. The van der Waals surface area contributed by atoms with Crippen molar-refractivity contribution in [3.8, 4) is 0 Å². The highest BCUT2D eigenvalue weighted by molar-refractivity contribution is 7.89. The summed E-state index contributed by atoms with van der Waals surface area (Å²) in [5, 5.41) is 9.19. The van der Waals surface area contributed by atoms with E-state index in [9.17, 15) is 18.3 Å². The van der Waals surface area contributed by atoms with Crippen molar-refractivity contribution < 1.29 is 18.3 Å². The van der Waals surface area contributed by atoms with Crippen LogP contribution in [0.2, 0.25) is 0 Å². The van der Waals surface area contributed by atoms with E-state index in [4.69, 9.17) is 0 Å². The van der Waals surface area contributed by atoms with Gasteiger partial charge in [-0.2, -0.15) is 4.72 Å². The highest BCUT2D eigenvalue weighted by Crippen LogP contribution is 2.20. The molecule has 0 aliphatic rings. The average molecular weight is 317 g/mol. The van der Waals surface area contributed by atoms with Crippen LogP contribution in [-0.4, -0.2) is 34.6 Å². The summed E-state index contributed by atoms with van der Waals surface area (Å²) in [6.07, 6.45) is 2.62. The molecule has 1 rings (SSSR count). The first-order chi connectivity index (χ1) is 9.72. The number of aliphatic carboxylic acids is 1. The molecule has 21 heavy (non-hydrogen) atoms. The van der Waals surface area contributed by atoms with Crippen LogP contribution in [0, 0.1) is 6.92 Å². The topological polar surface area (TPSA) is 101 Å². The van der Waals surface area contributed by atoms with Gasteiger partial charge in [0.25, 0.3) is 10.0 Å². The summed E-state index contributed by atoms with van der Waals surface area (Å²) in [6, 6.07) is 0. The largest absolute Gasteiger partial charge is 0.480 e. The summed E-state index contributed by atoms with van der Waals surface area (Å²) in [7, 11) is -3.97. The number of hydrogen-bond donors (Lipinski definition) is 2. The van der Waals surface area contributed by atoms with Gasteiger partial charge in [0.2, 0.25) is 0 Å². The Bertz CT molecular complexity index is 603. The smallest absolute Gasteiger partial charge is 0.324 e. The summed E-state index contributed by atoms with van der Waals surface area (Å²) >= 11 is 0. The number of carboxylic acid groups (broad SMARTS) is 1. The molecule has 0 unspecified atom stereocenters. The van der Waals surface area contributed by atoms with E-state index in [0.29, 0.717) is 12.4 Å². The van der Waals surface area contributed by atoms with Crippen molar-refractivity contribution in [3.05, 3.63) is 12.0 Å². The van der Waals surface area contributed by atoms with Crippen LogP contribution in [0.3, 0.4) is 0 Å². The molecule has 0 saturated heterocycles. The molecule has 0 radical (unpaired) electrons. The maximum atomic E-state index is 12.4. The molecule has 0 spiro atoms. The number of sulfonamides is 1. The van der Waals surface area contributed by atoms with Crippen molar-refractivity contribution in [1.82, 2.24) is 14.3 Å². The predicted molar refractivity (Wildman–Crippen MR) is 78.5 cm³/mol. The number of nitrogens with zero attached hydrogens (tertiary/aromatic N) is 2. The standard InChI is InChI=1S/C13H23N3O4S/c1-5-8-16-9-11(14-10(16)4)21(19,20)15-13(6-2,7-3)12(17)18/h9,15H,5-8H2,1-4H3,(H,17,18). The molecule has 0 bridgehead atoms. The fraction of sp³-hybridized carbons (Fsp3) is 0.692. The Balaban J connectivity index is 3.16. The number of imidazole rings is 1. The SMILES string of the molecule is CCCn1cc(S(=O)(=O)NC(CC)(CC)C(=O)O)nc1C. The van der Waals surface area contributed by atoms with Gasteiger partial charge in [-0.25, -0.2) is 13.4 Å². The minimum Gasteiger partial charge on any atom is -0.480 e. The summed E-state index contributed by atoms with van der Waals surface area (Å²) in [6.45, 7) is 7.65. The van der Waals surface area contributed by atoms with Crippen LogP contribution in [0.15, 0.2) is 11.2 Å². The van der Waals surface area contributed by atoms with Gasteiger partial charge in [0, 0.05) is 12.7 Å².